The molecule has 3 N–H and O–H groups in total. The first-order chi connectivity index (χ1) is 19.3. The number of halogens is 2. The van der Waals surface area contributed by atoms with Gasteiger partial charge in [-0.15, -0.1) is 0 Å². The van der Waals surface area contributed by atoms with Crippen LogP contribution in [-0.4, -0.2) is 86.1 Å². The van der Waals surface area contributed by atoms with Gasteiger partial charge < -0.3 is 30.1 Å². The van der Waals surface area contributed by atoms with E-state index in [4.69, 9.17) is 14.5 Å². The van der Waals surface area contributed by atoms with Crippen LogP contribution < -0.4 is 15.4 Å². The lowest BCUT2D eigenvalue weighted by Gasteiger charge is -2.27. The minimum absolute atomic E-state index is 0.0587. The van der Waals surface area contributed by atoms with Crippen molar-refractivity contribution in [1.29, 1.82) is 0 Å². The highest BCUT2D eigenvalue weighted by molar-refractivity contribution is 5.85. The van der Waals surface area contributed by atoms with Crippen LogP contribution in [-0.2, 0) is 33.6 Å². The zero-order valence-electron chi connectivity index (χ0n) is 23.3. The smallest absolute Gasteiger partial charge is 0.326 e. The van der Waals surface area contributed by atoms with E-state index >= 15 is 0 Å². The molecule has 40 heavy (non-hydrogen) atoms. The summed E-state index contributed by atoms with van der Waals surface area (Å²) in [5.74, 6) is -1.26. The lowest BCUT2D eigenvalue weighted by atomic mass is 10.1. The molecule has 9 nitrogen and oxygen atoms in total. The van der Waals surface area contributed by atoms with Crippen LogP contribution in [0.4, 0.5) is 14.6 Å². The Labute approximate surface area is 234 Å². The predicted octanol–water partition coefficient (Wildman–Crippen LogP) is 3.40. The number of hydrogen-bond acceptors (Lipinski definition) is 7. The van der Waals surface area contributed by atoms with Gasteiger partial charge in [-0.2, -0.15) is 0 Å². The fourth-order valence-electron chi connectivity index (χ4n) is 4.79. The van der Waals surface area contributed by atoms with Crippen molar-refractivity contribution in [2.75, 3.05) is 52.4 Å². The number of carbonyl (C=O) groups is 2. The van der Waals surface area contributed by atoms with Crippen LogP contribution in [0.5, 0.6) is 5.75 Å². The molecule has 0 bridgehead atoms. The van der Waals surface area contributed by atoms with Crippen molar-refractivity contribution in [1.82, 2.24) is 15.2 Å². The molecular weight excluding hydrogens is 522 g/mol. The van der Waals surface area contributed by atoms with Gasteiger partial charge in [0.2, 0.25) is 5.91 Å². The minimum atomic E-state index is -1.20. The number of anilines is 1. The number of unbranched alkanes of at least 4 members (excludes halogenated alkanes) is 1. The van der Waals surface area contributed by atoms with Crippen LogP contribution in [0, 0.1) is 5.82 Å². The summed E-state index contributed by atoms with van der Waals surface area (Å²) in [5.41, 5.74) is 2.31. The molecule has 11 heteroatoms. The van der Waals surface area contributed by atoms with Crippen LogP contribution in [0.15, 0.2) is 30.3 Å². The molecule has 220 valence electrons. The molecule has 1 aromatic carbocycles. The van der Waals surface area contributed by atoms with E-state index in [9.17, 15) is 23.5 Å². The number of nitrogens with one attached hydrogen (secondary N) is 2. The van der Waals surface area contributed by atoms with E-state index in [1.54, 1.807) is 0 Å². The third-order valence-corrected chi connectivity index (χ3v) is 7.08. The number of pyridine rings is 1. The average molecular weight is 563 g/mol. The van der Waals surface area contributed by atoms with E-state index in [2.05, 4.69) is 22.8 Å². The number of benzene rings is 1. The lowest BCUT2D eigenvalue weighted by Crippen LogP contribution is -2.45. The minimum Gasteiger partial charge on any atom is -0.496 e. The maximum absolute atomic E-state index is 14.2. The number of methoxy groups -OCH3 is 2. The first-order valence-corrected chi connectivity index (χ1v) is 13.7. The van der Waals surface area contributed by atoms with Crippen molar-refractivity contribution in [3.8, 4) is 5.75 Å². The molecule has 0 spiro atoms. The van der Waals surface area contributed by atoms with Crippen molar-refractivity contribution in [2.24, 2.45) is 0 Å². The molecule has 0 fully saturated rings. The van der Waals surface area contributed by atoms with Crippen LogP contribution in [0.2, 0.25) is 0 Å². The van der Waals surface area contributed by atoms with E-state index in [1.165, 1.54) is 38.0 Å². The van der Waals surface area contributed by atoms with Gasteiger partial charge in [0.25, 0.3) is 0 Å². The average Bonchev–Trinajstić information content (AvgIpc) is 2.96. The van der Waals surface area contributed by atoms with E-state index in [0.717, 1.165) is 50.2 Å². The van der Waals surface area contributed by atoms with Gasteiger partial charge in [-0.3, -0.25) is 4.79 Å². The number of aliphatic carboxylic acids is 1. The standard InChI is InChI=1S/C29H40F2N4O5/c1-39-22(18-30)19-35(15-4-3-8-21-12-11-20-7-6-14-32-28(20)33-21)16-13-25(29(37)38)34-27(36)17-23-24(31)9-5-10-26(23)40-2/h5,9-12,22,25H,3-4,6-8,13-19H2,1-2H3,(H,32,33)(H,34,36)(H,37,38)/t22-,25+/m1/s1. The first-order valence-electron chi connectivity index (χ1n) is 13.7. The summed E-state index contributed by atoms with van der Waals surface area (Å²) in [6.07, 6.45) is 3.70. The molecule has 2 atom stereocenters. The van der Waals surface area contributed by atoms with E-state index < -0.39 is 36.5 Å². The van der Waals surface area contributed by atoms with Gasteiger partial charge >= 0.3 is 5.97 Å². The Hall–Kier alpha value is -3.31. The number of rotatable bonds is 17. The SMILES string of the molecule is COc1cccc(F)c1CC(=O)N[C@@H](CCN(CCCCc1ccc2c(n1)NCCC2)C[C@@H](CF)OC)C(=O)O. The van der Waals surface area contributed by atoms with Crippen LogP contribution in [0.1, 0.15) is 42.5 Å². The Morgan fingerprint density at radius 2 is 2.02 bits per heavy atom. The van der Waals surface area contributed by atoms with Gasteiger partial charge in [0, 0.05) is 38.0 Å². The molecular formula is C29H40F2N4O5. The normalized spacial score (nSPS) is 14.2. The molecule has 0 radical (unpaired) electrons. The second-order valence-electron chi connectivity index (χ2n) is 9.95. The second kappa shape index (κ2) is 16.1. The number of alkyl halides is 1. The molecule has 2 heterocycles. The summed E-state index contributed by atoms with van der Waals surface area (Å²) >= 11 is 0. The fourth-order valence-corrected chi connectivity index (χ4v) is 4.79. The summed E-state index contributed by atoms with van der Waals surface area (Å²) < 4.78 is 38.0. The summed E-state index contributed by atoms with van der Waals surface area (Å²) in [4.78, 5) is 31.2. The third-order valence-electron chi connectivity index (χ3n) is 7.08. The first kappa shape index (κ1) is 31.2. The van der Waals surface area contributed by atoms with Crippen LogP contribution in [0.3, 0.4) is 0 Å². The fraction of sp³-hybridized carbons (Fsp3) is 0.552. The number of fused-ring (bicyclic) bond motifs is 1. The van der Waals surface area contributed by atoms with E-state index in [-0.39, 0.29) is 24.2 Å². The predicted molar refractivity (Wildman–Crippen MR) is 148 cm³/mol. The van der Waals surface area contributed by atoms with Gasteiger partial charge in [-0.25, -0.2) is 18.6 Å². The maximum Gasteiger partial charge on any atom is 0.326 e. The molecule has 1 amide bonds. The van der Waals surface area contributed by atoms with E-state index in [0.29, 0.717) is 19.6 Å². The van der Waals surface area contributed by atoms with Gasteiger partial charge in [0.1, 0.15) is 30.1 Å². The largest absolute Gasteiger partial charge is 0.496 e. The summed E-state index contributed by atoms with van der Waals surface area (Å²) in [6.45, 7) is 1.48. The van der Waals surface area contributed by atoms with Crippen molar-refractivity contribution in [3.05, 3.63) is 53.0 Å². The van der Waals surface area contributed by atoms with Crippen molar-refractivity contribution in [2.45, 2.75) is 57.1 Å². The molecule has 0 aliphatic carbocycles. The Kier molecular flexibility index (Phi) is 12.5. The molecule has 1 aromatic heterocycles. The summed E-state index contributed by atoms with van der Waals surface area (Å²) in [7, 11) is 2.81. The number of aryl methyl sites for hydroxylation is 2. The maximum atomic E-state index is 14.2. The zero-order valence-corrected chi connectivity index (χ0v) is 23.3. The quantitative estimate of drug-likeness (QED) is 0.252. The second-order valence-corrected chi connectivity index (χ2v) is 9.95. The Bertz CT molecular complexity index is 1120. The van der Waals surface area contributed by atoms with E-state index in [1.807, 2.05) is 4.90 Å². The highest BCUT2D eigenvalue weighted by Crippen LogP contribution is 2.22. The summed E-state index contributed by atoms with van der Waals surface area (Å²) in [6, 6.07) is 7.22. The zero-order chi connectivity index (χ0) is 28.9. The van der Waals surface area contributed by atoms with Crippen molar-refractivity contribution < 1.29 is 33.0 Å². The number of carboxylic acid groups (broad SMARTS) is 1. The number of hydrogen-bond donors (Lipinski definition) is 3. The number of carboxylic acids is 1. The molecule has 3 rings (SSSR count). The molecule has 1 aliphatic rings. The number of nitrogens with zero attached hydrogens (tertiary/aromatic N) is 2. The number of aromatic nitrogens is 1. The summed E-state index contributed by atoms with van der Waals surface area (Å²) in [5, 5.41) is 15.6. The number of amides is 1. The van der Waals surface area contributed by atoms with Crippen LogP contribution in [0.25, 0.3) is 0 Å². The van der Waals surface area contributed by atoms with Crippen LogP contribution >= 0.6 is 0 Å². The van der Waals surface area contributed by atoms with Crippen molar-refractivity contribution in [3.63, 3.8) is 0 Å². The monoisotopic (exact) mass is 562 g/mol. The Morgan fingerprint density at radius 3 is 2.75 bits per heavy atom. The highest BCUT2D eigenvalue weighted by atomic mass is 19.1. The molecule has 2 aromatic rings. The van der Waals surface area contributed by atoms with Gasteiger partial charge in [0.15, 0.2) is 0 Å². The topological polar surface area (TPSA) is 113 Å². The molecule has 0 unspecified atom stereocenters. The lowest BCUT2D eigenvalue weighted by molar-refractivity contribution is -0.142. The van der Waals surface area contributed by atoms with Gasteiger partial charge in [-0.1, -0.05) is 12.1 Å². The molecule has 0 saturated carbocycles. The highest BCUT2D eigenvalue weighted by Gasteiger charge is 2.24. The van der Waals surface area contributed by atoms with Gasteiger partial charge in [0.05, 0.1) is 19.6 Å². The Balaban J connectivity index is 1.54. The van der Waals surface area contributed by atoms with Gasteiger partial charge in [-0.05, 0) is 68.8 Å². The number of ether oxygens (including phenoxy) is 2. The third kappa shape index (κ3) is 9.41. The molecule has 1 aliphatic heterocycles. The number of carbonyl (C=O) groups excluding carboxylic acids is 1. The Morgan fingerprint density at radius 1 is 1.20 bits per heavy atom. The molecule has 0 saturated heterocycles. The van der Waals surface area contributed by atoms with Crippen molar-refractivity contribution >= 4 is 17.7 Å².